The molecule has 0 aliphatic heterocycles. The van der Waals surface area contributed by atoms with Gasteiger partial charge in [0.15, 0.2) is 5.78 Å². The molecule has 1 aliphatic carbocycles. The minimum atomic E-state index is -0.992. The van der Waals surface area contributed by atoms with Crippen LogP contribution in [0.2, 0.25) is 0 Å². The van der Waals surface area contributed by atoms with Crippen LogP contribution in [0.4, 0.5) is 13.2 Å². The van der Waals surface area contributed by atoms with Crippen LogP contribution in [0.25, 0.3) is 11.3 Å². The molecule has 1 aliphatic rings. The summed E-state index contributed by atoms with van der Waals surface area (Å²) in [7, 11) is 1.43. The van der Waals surface area contributed by atoms with E-state index in [1.54, 1.807) is 26.2 Å². The van der Waals surface area contributed by atoms with Crippen molar-refractivity contribution in [2.24, 2.45) is 11.7 Å². The molecule has 2 N–H and O–H groups in total. The molecule has 0 radical (unpaired) electrons. The average Bonchev–Trinajstić information content (AvgIpc) is 2.84. The first kappa shape index (κ1) is 26.9. The number of nitrogens with two attached hydrogens (primary N) is 1. The van der Waals surface area contributed by atoms with Crippen LogP contribution >= 0.6 is 0 Å². The quantitative estimate of drug-likeness (QED) is 0.388. The number of ketones is 1. The molecule has 0 saturated heterocycles. The molecule has 2 heterocycles. The molecule has 0 spiro atoms. The van der Waals surface area contributed by atoms with Gasteiger partial charge < -0.3 is 10.5 Å². The first-order valence-electron chi connectivity index (χ1n) is 12.4. The lowest BCUT2D eigenvalue weighted by Crippen LogP contribution is -2.31. The van der Waals surface area contributed by atoms with E-state index in [0.29, 0.717) is 5.92 Å². The lowest BCUT2D eigenvalue weighted by Gasteiger charge is -2.32. The Hall–Kier alpha value is -3.10. The molecule has 8 heteroatoms. The number of benzene rings is 1. The number of hydrogen-bond donors (Lipinski definition) is 1. The Kier molecular flexibility index (Phi) is 7.80. The maximum absolute atomic E-state index is 15.0. The summed E-state index contributed by atoms with van der Waals surface area (Å²) < 4.78 is 50.1. The van der Waals surface area contributed by atoms with Gasteiger partial charge in [0.2, 0.25) is 0 Å². The highest BCUT2D eigenvalue weighted by molar-refractivity contribution is 5.96. The monoisotopic (exact) mass is 511 g/mol. The van der Waals surface area contributed by atoms with Crippen LogP contribution in [0.3, 0.4) is 0 Å². The highest BCUT2D eigenvalue weighted by Gasteiger charge is 2.29. The van der Waals surface area contributed by atoms with E-state index in [0.717, 1.165) is 48.6 Å². The number of methoxy groups -OCH3 is 1. The first-order valence-corrected chi connectivity index (χ1v) is 12.4. The first-order chi connectivity index (χ1) is 17.5. The smallest absolute Gasteiger partial charge is 0.185 e. The van der Waals surface area contributed by atoms with Crippen molar-refractivity contribution < 1.29 is 22.7 Å². The number of carbonyl (C=O) groups is 1. The van der Waals surface area contributed by atoms with E-state index in [-0.39, 0.29) is 29.6 Å². The fourth-order valence-electron chi connectivity index (χ4n) is 5.20. The van der Waals surface area contributed by atoms with Crippen molar-refractivity contribution in [2.45, 2.75) is 64.0 Å². The number of carbonyl (C=O) groups excluding carboxylic acids is 1. The topological polar surface area (TPSA) is 78.1 Å². The van der Waals surface area contributed by atoms with Gasteiger partial charge in [-0.1, -0.05) is 6.92 Å². The Morgan fingerprint density at radius 1 is 1.08 bits per heavy atom. The Bertz CT molecular complexity index is 1280. The van der Waals surface area contributed by atoms with E-state index in [2.05, 4.69) is 16.9 Å². The summed E-state index contributed by atoms with van der Waals surface area (Å²) in [5, 5.41) is 0. The van der Waals surface area contributed by atoms with E-state index in [9.17, 15) is 9.18 Å². The van der Waals surface area contributed by atoms with E-state index in [1.807, 2.05) is 6.07 Å². The number of rotatable bonds is 7. The van der Waals surface area contributed by atoms with Crippen LogP contribution in [0.5, 0.6) is 0 Å². The molecule has 0 unspecified atom stereocenters. The van der Waals surface area contributed by atoms with Crippen LogP contribution in [-0.4, -0.2) is 28.9 Å². The van der Waals surface area contributed by atoms with Gasteiger partial charge in [-0.2, -0.15) is 0 Å². The lowest BCUT2D eigenvalue weighted by molar-refractivity contribution is 0.0187. The Morgan fingerprint density at radius 3 is 2.43 bits per heavy atom. The van der Waals surface area contributed by atoms with Gasteiger partial charge in [-0.05, 0) is 92.0 Å². The van der Waals surface area contributed by atoms with Gasteiger partial charge in [0, 0.05) is 32.0 Å². The van der Waals surface area contributed by atoms with E-state index >= 15 is 8.78 Å². The second-order valence-electron chi connectivity index (χ2n) is 10.5. The summed E-state index contributed by atoms with van der Waals surface area (Å²) in [5.74, 6) is -2.64. The van der Waals surface area contributed by atoms with E-state index < -0.39 is 40.1 Å². The minimum absolute atomic E-state index is 0.0205. The van der Waals surface area contributed by atoms with Crippen molar-refractivity contribution >= 4 is 5.78 Å². The predicted octanol–water partition coefficient (Wildman–Crippen LogP) is 6.10. The van der Waals surface area contributed by atoms with Crippen molar-refractivity contribution in [1.29, 1.82) is 0 Å². The van der Waals surface area contributed by atoms with Gasteiger partial charge in [0.05, 0.1) is 11.2 Å². The Balaban J connectivity index is 1.65. The molecule has 3 atom stereocenters. The van der Waals surface area contributed by atoms with Crippen LogP contribution < -0.4 is 5.73 Å². The van der Waals surface area contributed by atoms with E-state index in [1.165, 1.54) is 13.2 Å². The summed E-state index contributed by atoms with van der Waals surface area (Å²) in [4.78, 5) is 21.5. The summed E-state index contributed by atoms with van der Waals surface area (Å²) in [6.45, 7) is 5.49. The molecule has 1 aromatic carbocycles. The lowest BCUT2D eigenvalue weighted by atomic mass is 9.75. The van der Waals surface area contributed by atoms with Crippen LogP contribution in [0.1, 0.15) is 73.1 Å². The average molecular weight is 512 g/mol. The van der Waals surface area contributed by atoms with Crippen molar-refractivity contribution in [3.05, 3.63) is 82.6 Å². The molecule has 0 amide bonds. The molecule has 1 fully saturated rings. The second-order valence-corrected chi connectivity index (χ2v) is 10.5. The van der Waals surface area contributed by atoms with Gasteiger partial charge in [-0.3, -0.25) is 9.78 Å². The van der Waals surface area contributed by atoms with Crippen LogP contribution in [0.15, 0.2) is 42.7 Å². The van der Waals surface area contributed by atoms with Crippen molar-refractivity contribution in [1.82, 2.24) is 9.97 Å². The Morgan fingerprint density at radius 2 is 1.78 bits per heavy atom. The fraction of sp³-hybridized carbons (Fsp3) is 0.414. The number of pyridine rings is 2. The largest absolute Gasteiger partial charge is 0.374 e. The van der Waals surface area contributed by atoms with Gasteiger partial charge >= 0.3 is 0 Å². The number of halogens is 3. The summed E-state index contributed by atoms with van der Waals surface area (Å²) in [6, 6.07) is 6.43. The maximum atomic E-state index is 15.0. The molecule has 5 nitrogen and oxygen atoms in total. The van der Waals surface area contributed by atoms with E-state index in [4.69, 9.17) is 10.5 Å². The zero-order valence-corrected chi connectivity index (χ0v) is 21.5. The second kappa shape index (κ2) is 10.7. The third-order valence-corrected chi connectivity index (χ3v) is 7.33. The number of hydrogen-bond acceptors (Lipinski definition) is 5. The SMILES string of the molecule is COC(C)(C)c1cc(F)c(-c2nc(C(=O)Cc3cnccc3[C@@H]3C[C@H](C)C[C@H](N)C3)ccc2F)c(F)c1. The van der Waals surface area contributed by atoms with Gasteiger partial charge in [-0.25, -0.2) is 18.2 Å². The number of aromatic nitrogens is 2. The molecule has 1 saturated carbocycles. The Labute approximate surface area is 215 Å². The third-order valence-electron chi connectivity index (χ3n) is 7.33. The molecule has 0 bridgehead atoms. The number of nitrogens with zero attached hydrogens (tertiary/aromatic N) is 2. The molecular weight excluding hydrogens is 479 g/mol. The molecular formula is C29H32F3N3O2. The van der Waals surface area contributed by atoms with Gasteiger partial charge in [0.1, 0.15) is 28.8 Å². The summed E-state index contributed by atoms with van der Waals surface area (Å²) in [6.07, 6.45) is 6.08. The van der Waals surface area contributed by atoms with Crippen LogP contribution in [-0.2, 0) is 16.8 Å². The standard InChI is InChI=1S/C29H32F3N3O2/c1-16-9-17(11-20(33)10-16)21-7-8-34-15-18(21)12-26(36)25-6-5-22(30)28(35-25)27-23(31)13-19(14-24(27)32)29(2,3)37-4/h5-8,13-17,20H,9-12,33H2,1-4H3/t16-,17+,20-/m0/s1. The minimum Gasteiger partial charge on any atom is -0.374 e. The molecule has 4 rings (SSSR count). The zero-order chi connectivity index (χ0) is 26.9. The molecule has 3 aromatic rings. The third kappa shape index (κ3) is 5.75. The number of Topliss-reactive ketones (excluding diaryl/α,β-unsaturated/α-hetero) is 1. The van der Waals surface area contributed by atoms with Crippen molar-refractivity contribution in [2.75, 3.05) is 7.11 Å². The molecule has 2 aromatic heterocycles. The van der Waals surface area contributed by atoms with Gasteiger partial charge in [0.25, 0.3) is 0 Å². The normalized spacial score (nSPS) is 20.2. The zero-order valence-electron chi connectivity index (χ0n) is 21.5. The summed E-state index contributed by atoms with van der Waals surface area (Å²) in [5.41, 5.74) is 6.04. The van der Waals surface area contributed by atoms with Gasteiger partial charge in [-0.15, -0.1) is 0 Å². The highest BCUT2D eigenvalue weighted by atomic mass is 19.1. The fourth-order valence-corrected chi connectivity index (χ4v) is 5.20. The summed E-state index contributed by atoms with van der Waals surface area (Å²) >= 11 is 0. The maximum Gasteiger partial charge on any atom is 0.185 e. The van der Waals surface area contributed by atoms with Crippen LogP contribution in [0, 0.1) is 23.4 Å². The van der Waals surface area contributed by atoms with Crippen molar-refractivity contribution in [3.63, 3.8) is 0 Å². The molecule has 196 valence electrons. The predicted molar refractivity (Wildman–Crippen MR) is 136 cm³/mol. The highest BCUT2D eigenvalue weighted by Crippen LogP contribution is 2.37. The number of ether oxygens (including phenoxy) is 1. The van der Waals surface area contributed by atoms with Crippen molar-refractivity contribution in [3.8, 4) is 11.3 Å². The molecule has 37 heavy (non-hydrogen) atoms.